The lowest BCUT2D eigenvalue weighted by atomic mass is 9.91. The van der Waals surface area contributed by atoms with Gasteiger partial charge >= 0.3 is 0 Å². The van der Waals surface area contributed by atoms with Gasteiger partial charge in [-0.25, -0.2) is 4.99 Å². The summed E-state index contributed by atoms with van der Waals surface area (Å²) in [6.45, 7) is 0. The summed E-state index contributed by atoms with van der Waals surface area (Å²) in [5, 5.41) is 14.0. The summed E-state index contributed by atoms with van der Waals surface area (Å²) in [4.78, 5) is 17.6. The molecule has 1 aliphatic rings. The monoisotopic (exact) mass is 496 g/mol. The lowest BCUT2D eigenvalue weighted by Crippen LogP contribution is -2.17. The van der Waals surface area contributed by atoms with Crippen LogP contribution in [0.1, 0.15) is 15.9 Å². The van der Waals surface area contributed by atoms with Crippen LogP contribution in [-0.4, -0.2) is 16.6 Å². The zero-order chi connectivity index (χ0) is 19.7. The molecule has 0 fully saturated rings. The fraction of sp³-hybridized carbons (Fsp3) is 0. The van der Waals surface area contributed by atoms with Crippen molar-refractivity contribution in [3.8, 4) is 5.75 Å². The number of halogens is 2. The number of aromatic hydroxyl groups is 1. The van der Waals surface area contributed by atoms with Gasteiger partial charge in [-0.15, -0.1) is 0 Å². The third-order valence-corrected chi connectivity index (χ3v) is 5.47. The minimum atomic E-state index is -0.219. The molecule has 138 valence electrons. The highest BCUT2D eigenvalue weighted by atomic mass is 79.9. The lowest BCUT2D eigenvalue weighted by Gasteiger charge is -2.21. The van der Waals surface area contributed by atoms with E-state index in [0.717, 1.165) is 11.4 Å². The van der Waals surface area contributed by atoms with Gasteiger partial charge in [0.15, 0.2) is 0 Å². The Balaban J connectivity index is 1.93. The number of carbonyl (C=O) groups excluding carboxylic acids is 1. The molecule has 3 aromatic rings. The molecule has 28 heavy (non-hydrogen) atoms. The number of rotatable bonds is 3. The van der Waals surface area contributed by atoms with Crippen molar-refractivity contribution in [1.82, 2.24) is 0 Å². The molecule has 1 aliphatic carbocycles. The quantitative estimate of drug-likeness (QED) is 0.406. The molecule has 0 amide bonds. The molecular weight excluding hydrogens is 484 g/mol. The number of nitrogens with one attached hydrogen (secondary N) is 1. The number of allylic oxidation sites excluding steroid dienone is 2. The fourth-order valence-electron chi connectivity index (χ4n) is 3.01. The van der Waals surface area contributed by atoms with Gasteiger partial charge in [-0.3, -0.25) is 4.79 Å². The Kier molecular flexibility index (Phi) is 5.15. The van der Waals surface area contributed by atoms with Crippen LogP contribution in [-0.2, 0) is 0 Å². The number of nitrogens with zero attached hydrogens (tertiary/aromatic N) is 1. The molecule has 0 bridgehead atoms. The number of phenolic OH excluding ortho intramolecular Hbond substituents is 1. The van der Waals surface area contributed by atoms with E-state index in [0.29, 0.717) is 31.5 Å². The van der Waals surface area contributed by atoms with Gasteiger partial charge in [0.1, 0.15) is 5.75 Å². The van der Waals surface area contributed by atoms with Crippen LogP contribution in [0.2, 0.25) is 0 Å². The molecule has 0 saturated carbocycles. The van der Waals surface area contributed by atoms with E-state index in [1.807, 2.05) is 60.7 Å². The van der Waals surface area contributed by atoms with Gasteiger partial charge in [0.05, 0.1) is 37.2 Å². The van der Waals surface area contributed by atoms with Gasteiger partial charge < -0.3 is 10.4 Å². The van der Waals surface area contributed by atoms with Crippen molar-refractivity contribution < 1.29 is 9.90 Å². The van der Waals surface area contributed by atoms with E-state index in [1.165, 1.54) is 0 Å². The number of hydrogen-bond acceptors (Lipinski definition) is 4. The first-order chi connectivity index (χ1) is 13.5. The van der Waals surface area contributed by atoms with E-state index in [4.69, 9.17) is 0 Å². The average Bonchev–Trinajstić information content (AvgIpc) is 2.70. The number of phenols is 1. The largest absolute Gasteiger partial charge is 0.506 e. The van der Waals surface area contributed by atoms with E-state index in [2.05, 4.69) is 42.2 Å². The van der Waals surface area contributed by atoms with Gasteiger partial charge in [0.25, 0.3) is 0 Å². The van der Waals surface area contributed by atoms with Gasteiger partial charge in [0, 0.05) is 5.69 Å². The zero-order valence-electron chi connectivity index (χ0n) is 14.5. The molecule has 2 N–H and O–H groups in total. The number of para-hydroxylation sites is 2. The van der Waals surface area contributed by atoms with Crippen molar-refractivity contribution in [1.29, 1.82) is 0 Å². The Morgan fingerprint density at radius 2 is 1.54 bits per heavy atom. The zero-order valence-corrected chi connectivity index (χ0v) is 17.7. The Labute approximate surface area is 178 Å². The topological polar surface area (TPSA) is 61.7 Å². The molecule has 0 aliphatic heterocycles. The SMILES string of the molecule is O=C1C(Br)=CC(=Nc2ccccc2)c2c(O)c(Br)cc(Nc3ccccc3)c21. The molecule has 0 atom stereocenters. The van der Waals surface area contributed by atoms with E-state index in [-0.39, 0.29) is 11.5 Å². The Morgan fingerprint density at radius 3 is 2.21 bits per heavy atom. The van der Waals surface area contributed by atoms with E-state index in [1.54, 1.807) is 12.1 Å². The predicted octanol–water partition coefficient (Wildman–Crippen LogP) is 6.49. The maximum Gasteiger partial charge on any atom is 0.202 e. The Hall–Kier alpha value is -2.70. The second kappa shape index (κ2) is 7.73. The highest BCUT2D eigenvalue weighted by Crippen LogP contribution is 2.42. The summed E-state index contributed by atoms with van der Waals surface area (Å²) in [6.07, 6.45) is 1.64. The summed E-state index contributed by atoms with van der Waals surface area (Å²) in [5.41, 5.74) is 3.41. The van der Waals surface area contributed by atoms with Crippen LogP contribution in [0.15, 0.2) is 86.8 Å². The molecule has 4 rings (SSSR count). The molecule has 0 spiro atoms. The van der Waals surface area contributed by atoms with E-state index >= 15 is 0 Å². The van der Waals surface area contributed by atoms with Crippen molar-refractivity contribution in [3.63, 3.8) is 0 Å². The first-order valence-corrected chi connectivity index (χ1v) is 10.1. The number of Topliss-reactive ketones (excluding diaryl/α,β-unsaturated/α-hetero) is 1. The van der Waals surface area contributed by atoms with Crippen LogP contribution in [0, 0.1) is 0 Å². The average molecular weight is 498 g/mol. The smallest absolute Gasteiger partial charge is 0.202 e. The van der Waals surface area contributed by atoms with Gasteiger partial charge in [-0.2, -0.15) is 0 Å². The predicted molar refractivity (Wildman–Crippen MR) is 120 cm³/mol. The second-order valence-corrected chi connectivity index (χ2v) is 7.86. The molecule has 0 aromatic heterocycles. The lowest BCUT2D eigenvalue weighted by molar-refractivity contribution is 0.104. The number of benzene rings is 3. The summed E-state index contributed by atoms with van der Waals surface area (Å²) in [6, 6.07) is 20.7. The third-order valence-electron chi connectivity index (χ3n) is 4.28. The van der Waals surface area contributed by atoms with Crippen molar-refractivity contribution in [2.24, 2.45) is 4.99 Å². The molecule has 0 radical (unpaired) electrons. The van der Waals surface area contributed by atoms with Crippen LogP contribution >= 0.6 is 31.9 Å². The van der Waals surface area contributed by atoms with Crippen LogP contribution in [0.5, 0.6) is 5.75 Å². The molecule has 6 heteroatoms. The van der Waals surface area contributed by atoms with Crippen molar-refractivity contribution in [3.05, 3.63) is 92.9 Å². The summed E-state index contributed by atoms with van der Waals surface area (Å²) in [5.74, 6) is -0.240. The molecule has 0 heterocycles. The molecule has 0 unspecified atom stereocenters. The van der Waals surface area contributed by atoms with Crippen LogP contribution in [0.25, 0.3) is 0 Å². The Bertz CT molecular complexity index is 1120. The first-order valence-electron chi connectivity index (χ1n) is 8.48. The Morgan fingerprint density at radius 1 is 0.893 bits per heavy atom. The minimum Gasteiger partial charge on any atom is -0.506 e. The number of anilines is 2. The second-order valence-electron chi connectivity index (χ2n) is 6.15. The summed E-state index contributed by atoms with van der Waals surface area (Å²) in [7, 11) is 0. The maximum atomic E-state index is 13.0. The van der Waals surface area contributed by atoms with E-state index < -0.39 is 0 Å². The fourth-order valence-corrected chi connectivity index (χ4v) is 3.85. The number of carbonyl (C=O) groups is 1. The molecule has 4 nitrogen and oxygen atoms in total. The standard InChI is InChI=1S/C22H14Br2N2O2/c23-15-11-17(25-13-7-3-1-4-8-13)19-20(22(15)28)18(12-16(24)21(19)27)26-14-9-5-2-6-10-14/h1-12,25,28H. The minimum absolute atomic E-state index is 0.0205. The number of aliphatic imine (C=N–C) groups is 1. The molecule has 0 saturated heterocycles. The highest BCUT2D eigenvalue weighted by Gasteiger charge is 2.30. The van der Waals surface area contributed by atoms with Crippen molar-refractivity contribution in [2.45, 2.75) is 0 Å². The normalized spacial score (nSPS) is 14.6. The van der Waals surface area contributed by atoms with Crippen molar-refractivity contribution >= 4 is 60.4 Å². The van der Waals surface area contributed by atoms with E-state index in [9.17, 15) is 9.90 Å². The van der Waals surface area contributed by atoms with Crippen molar-refractivity contribution in [2.75, 3.05) is 5.32 Å². The first kappa shape index (κ1) is 18.7. The highest BCUT2D eigenvalue weighted by molar-refractivity contribution is 9.12. The van der Waals surface area contributed by atoms with Gasteiger partial charge in [-0.1, -0.05) is 36.4 Å². The van der Waals surface area contributed by atoms with Crippen LogP contribution < -0.4 is 5.32 Å². The third kappa shape index (κ3) is 3.53. The van der Waals surface area contributed by atoms with Crippen LogP contribution in [0.4, 0.5) is 17.1 Å². The number of ketones is 1. The number of fused-ring (bicyclic) bond motifs is 1. The molecule has 3 aromatic carbocycles. The molecular formula is C22H14Br2N2O2. The summed E-state index contributed by atoms with van der Waals surface area (Å²) >= 11 is 6.75. The van der Waals surface area contributed by atoms with Crippen LogP contribution in [0.3, 0.4) is 0 Å². The van der Waals surface area contributed by atoms with Gasteiger partial charge in [0.2, 0.25) is 5.78 Å². The maximum absolute atomic E-state index is 13.0. The summed E-state index contributed by atoms with van der Waals surface area (Å²) < 4.78 is 0.859. The van der Waals surface area contributed by atoms with Gasteiger partial charge in [-0.05, 0) is 68.3 Å². The number of hydrogen-bond donors (Lipinski definition) is 2.